The minimum Gasteiger partial charge on any atom is -0.328 e. The SMILES string of the molecule is CCPC(C)CCC(C)N. The van der Waals surface area contributed by atoms with E-state index in [1.807, 2.05) is 0 Å². The molecule has 0 amide bonds. The minimum atomic E-state index is 0.393. The van der Waals surface area contributed by atoms with Crippen LogP contribution >= 0.6 is 8.58 Å². The lowest BCUT2D eigenvalue weighted by molar-refractivity contribution is 0.621. The summed E-state index contributed by atoms with van der Waals surface area (Å²) >= 11 is 0. The van der Waals surface area contributed by atoms with E-state index >= 15 is 0 Å². The molecular formula is C8H20NP. The molecule has 0 fully saturated rings. The van der Waals surface area contributed by atoms with E-state index in [1.54, 1.807) is 0 Å². The first-order chi connectivity index (χ1) is 4.66. The molecule has 0 aromatic rings. The molecule has 0 spiro atoms. The van der Waals surface area contributed by atoms with Crippen molar-refractivity contribution in [3.05, 3.63) is 0 Å². The van der Waals surface area contributed by atoms with Crippen molar-refractivity contribution in [1.82, 2.24) is 0 Å². The molecule has 0 aromatic heterocycles. The van der Waals surface area contributed by atoms with Gasteiger partial charge in [0.15, 0.2) is 0 Å². The monoisotopic (exact) mass is 161 g/mol. The van der Waals surface area contributed by atoms with Crippen LogP contribution in [0.1, 0.15) is 33.6 Å². The Morgan fingerprint density at radius 2 is 1.90 bits per heavy atom. The molecule has 0 saturated heterocycles. The smallest absolute Gasteiger partial charge is 0.00107 e. The Bertz CT molecular complexity index is 73.7. The number of rotatable bonds is 5. The highest BCUT2D eigenvalue weighted by atomic mass is 31.1. The zero-order valence-electron chi connectivity index (χ0n) is 7.35. The quantitative estimate of drug-likeness (QED) is 0.614. The van der Waals surface area contributed by atoms with Crippen LogP contribution in [0.5, 0.6) is 0 Å². The van der Waals surface area contributed by atoms with Gasteiger partial charge in [0.05, 0.1) is 0 Å². The van der Waals surface area contributed by atoms with E-state index in [4.69, 9.17) is 5.73 Å². The fourth-order valence-electron chi connectivity index (χ4n) is 0.963. The summed E-state index contributed by atoms with van der Waals surface area (Å²) in [6, 6.07) is 0.393. The van der Waals surface area contributed by atoms with Gasteiger partial charge in [-0.2, -0.15) is 0 Å². The maximum Gasteiger partial charge on any atom is 0.00107 e. The molecule has 0 aliphatic heterocycles. The maximum absolute atomic E-state index is 5.64. The Kier molecular flexibility index (Phi) is 6.36. The number of hydrogen-bond acceptors (Lipinski definition) is 1. The predicted molar refractivity (Wildman–Crippen MR) is 51.2 cm³/mol. The fourth-order valence-corrected chi connectivity index (χ4v) is 2.03. The molecule has 3 atom stereocenters. The lowest BCUT2D eigenvalue weighted by atomic mass is 10.1. The molecule has 0 saturated carbocycles. The number of nitrogens with two attached hydrogens (primary N) is 1. The van der Waals surface area contributed by atoms with Crippen LogP contribution in [0, 0.1) is 0 Å². The average Bonchev–Trinajstić information content (AvgIpc) is 1.85. The van der Waals surface area contributed by atoms with Crippen molar-refractivity contribution >= 4 is 8.58 Å². The molecule has 0 aromatic carbocycles. The van der Waals surface area contributed by atoms with E-state index < -0.39 is 0 Å². The van der Waals surface area contributed by atoms with E-state index in [9.17, 15) is 0 Å². The van der Waals surface area contributed by atoms with Crippen molar-refractivity contribution in [2.45, 2.75) is 45.3 Å². The lowest BCUT2D eigenvalue weighted by Crippen LogP contribution is -2.15. The van der Waals surface area contributed by atoms with Crippen LogP contribution in [0.4, 0.5) is 0 Å². The second-order valence-corrected chi connectivity index (χ2v) is 5.11. The van der Waals surface area contributed by atoms with Gasteiger partial charge in [-0.3, -0.25) is 0 Å². The first-order valence-electron chi connectivity index (χ1n) is 4.15. The molecule has 0 rings (SSSR count). The van der Waals surface area contributed by atoms with E-state index in [0.29, 0.717) is 6.04 Å². The summed E-state index contributed by atoms with van der Waals surface area (Å²) in [4.78, 5) is 0. The normalized spacial score (nSPS) is 18.0. The summed E-state index contributed by atoms with van der Waals surface area (Å²) in [5.41, 5.74) is 6.54. The fraction of sp³-hybridized carbons (Fsp3) is 1.00. The van der Waals surface area contributed by atoms with Crippen molar-refractivity contribution in [1.29, 1.82) is 0 Å². The van der Waals surface area contributed by atoms with E-state index in [-0.39, 0.29) is 0 Å². The van der Waals surface area contributed by atoms with Gasteiger partial charge < -0.3 is 5.73 Å². The Hall–Kier alpha value is 0.390. The van der Waals surface area contributed by atoms with Crippen molar-refractivity contribution in [2.75, 3.05) is 6.16 Å². The summed E-state index contributed by atoms with van der Waals surface area (Å²) < 4.78 is 0. The van der Waals surface area contributed by atoms with Crippen LogP contribution in [0.15, 0.2) is 0 Å². The summed E-state index contributed by atoms with van der Waals surface area (Å²) in [5.74, 6) is 0. The Balaban J connectivity index is 3.12. The largest absolute Gasteiger partial charge is 0.328 e. The highest BCUT2D eigenvalue weighted by Crippen LogP contribution is 2.21. The van der Waals surface area contributed by atoms with Gasteiger partial charge in [0.2, 0.25) is 0 Å². The third-order valence-electron chi connectivity index (χ3n) is 1.61. The van der Waals surface area contributed by atoms with Gasteiger partial charge in [-0.1, -0.05) is 13.8 Å². The molecule has 62 valence electrons. The zero-order valence-corrected chi connectivity index (χ0v) is 8.35. The highest BCUT2D eigenvalue weighted by molar-refractivity contribution is 7.38. The van der Waals surface area contributed by atoms with Gasteiger partial charge in [-0.25, -0.2) is 0 Å². The topological polar surface area (TPSA) is 26.0 Å². The van der Waals surface area contributed by atoms with Gasteiger partial charge in [0, 0.05) is 6.04 Å². The Morgan fingerprint density at radius 1 is 1.30 bits per heavy atom. The minimum absolute atomic E-state index is 0.393. The summed E-state index contributed by atoms with van der Waals surface area (Å²) in [5, 5.41) is 0. The molecule has 0 bridgehead atoms. The molecule has 3 unspecified atom stereocenters. The van der Waals surface area contributed by atoms with E-state index in [1.165, 1.54) is 19.0 Å². The molecule has 10 heavy (non-hydrogen) atoms. The molecule has 0 aliphatic rings. The second kappa shape index (κ2) is 6.12. The van der Waals surface area contributed by atoms with Gasteiger partial charge in [0.25, 0.3) is 0 Å². The van der Waals surface area contributed by atoms with Crippen LogP contribution in [-0.4, -0.2) is 17.9 Å². The van der Waals surface area contributed by atoms with Gasteiger partial charge in [-0.15, -0.1) is 8.58 Å². The summed E-state index contributed by atoms with van der Waals surface area (Å²) in [6.45, 7) is 6.66. The van der Waals surface area contributed by atoms with Gasteiger partial charge in [-0.05, 0) is 31.6 Å². The standard InChI is InChI=1S/C8H20NP/c1-4-10-8(3)6-5-7(2)9/h7-8,10H,4-6,9H2,1-3H3. The van der Waals surface area contributed by atoms with Gasteiger partial charge in [0.1, 0.15) is 0 Å². The molecule has 1 nitrogen and oxygen atoms in total. The van der Waals surface area contributed by atoms with Crippen molar-refractivity contribution < 1.29 is 0 Å². The van der Waals surface area contributed by atoms with Gasteiger partial charge >= 0.3 is 0 Å². The Labute approximate surface area is 66.5 Å². The molecule has 2 N–H and O–H groups in total. The van der Waals surface area contributed by atoms with E-state index in [0.717, 1.165) is 14.2 Å². The third kappa shape index (κ3) is 6.51. The van der Waals surface area contributed by atoms with Crippen LogP contribution in [0.25, 0.3) is 0 Å². The third-order valence-corrected chi connectivity index (χ3v) is 3.00. The van der Waals surface area contributed by atoms with Crippen molar-refractivity contribution in [3.8, 4) is 0 Å². The van der Waals surface area contributed by atoms with Crippen LogP contribution in [0.3, 0.4) is 0 Å². The Morgan fingerprint density at radius 3 is 2.30 bits per heavy atom. The van der Waals surface area contributed by atoms with Crippen LogP contribution in [-0.2, 0) is 0 Å². The maximum atomic E-state index is 5.64. The molecule has 2 heteroatoms. The molecule has 0 aliphatic carbocycles. The first kappa shape index (κ1) is 10.4. The average molecular weight is 161 g/mol. The van der Waals surface area contributed by atoms with Crippen molar-refractivity contribution in [2.24, 2.45) is 5.73 Å². The number of hydrogen-bond donors (Lipinski definition) is 1. The van der Waals surface area contributed by atoms with Crippen LogP contribution in [0.2, 0.25) is 0 Å². The second-order valence-electron chi connectivity index (χ2n) is 3.01. The van der Waals surface area contributed by atoms with E-state index in [2.05, 4.69) is 20.8 Å². The van der Waals surface area contributed by atoms with Crippen molar-refractivity contribution in [3.63, 3.8) is 0 Å². The first-order valence-corrected chi connectivity index (χ1v) is 5.44. The summed E-state index contributed by atoms with van der Waals surface area (Å²) in [6.07, 6.45) is 3.83. The molecule has 0 radical (unpaired) electrons. The molecular weight excluding hydrogens is 141 g/mol. The molecule has 0 heterocycles. The zero-order chi connectivity index (χ0) is 7.98. The van der Waals surface area contributed by atoms with Crippen LogP contribution < -0.4 is 5.73 Å². The lowest BCUT2D eigenvalue weighted by Gasteiger charge is -2.11. The summed E-state index contributed by atoms with van der Waals surface area (Å²) in [7, 11) is 1.13. The predicted octanol–water partition coefficient (Wildman–Crippen LogP) is 2.20. The highest BCUT2D eigenvalue weighted by Gasteiger charge is 2.01.